The number of nitrogens with one attached hydrogen (secondary N) is 1. The second kappa shape index (κ2) is 9.61. The van der Waals surface area contributed by atoms with E-state index >= 15 is 0 Å². The van der Waals surface area contributed by atoms with Crippen LogP contribution in [0.1, 0.15) is 30.4 Å². The molecule has 1 aliphatic rings. The minimum Gasteiger partial charge on any atom is -0.497 e. The number of rotatable bonds is 7. The summed E-state index contributed by atoms with van der Waals surface area (Å²) < 4.78 is 16.9. The fraction of sp³-hybridized carbons (Fsp3) is 0.440. The Morgan fingerprint density at radius 1 is 1.00 bits per heavy atom. The normalized spacial score (nSPS) is 14.5. The molecule has 0 unspecified atom stereocenters. The predicted molar refractivity (Wildman–Crippen MR) is 126 cm³/mol. The van der Waals surface area contributed by atoms with Gasteiger partial charge in [-0.3, -0.25) is 9.69 Å². The molecule has 0 bridgehead atoms. The third-order valence-electron chi connectivity index (χ3n) is 6.04. The highest BCUT2D eigenvalue weighted by molar-refractivity contribution is 5.87. The molecule has 4 rings (SSSR count). The van der Waals surface area contributed by atoms with Gasteiger partial charge >= 0.3 is 0 Å². The molecule has 0 atom stereocenters. The number of fused-ring (bicyclic) bond motifs is 1. The minimum absolute atomic E-state index is 0.248. The Labute approximate surface area is 188 Å². The first-order valence-electron chi connectivity index (χ1n) is 11.1. The molecule has 7 heteroatoms. The van der Waals surface area contributed by atoms with Crippen LogP contribution in [0, 0.1) is 13.8 Å². The molecule has 3 aromatic rings. The Morgan fingerprint density at radius 2 is 1.72 bits per heavy atom. The highest BCUT2D eigenvalue weighted by Crippen LogP contribution is 2.31. The van der Waals surface area contributed by atoms with Gasteiger partial charge in [0.1, 0.15) is 35.1 Å². The van der Waals surface area contributed by atoms with Gasteiger partial charge in [0.2, 0.25) is 0 Å². The Hall–Kier alpha value is -3.06. The Bertz CT molecular complexity index is 1140. The van der Waals surface area contributed by atoms with Gasteiger partial charge < -0.3 is 19.2 Å². The summed E-state index contributed by atoms with van der Waals surface area (Å²) >= 11 is 0. The van der Waals surface area contributed by atoms with Crippen LogP contribution in [-0.4, -0.2) is 55.3 Å². The average Bonchev–Trinajstić information content (AvgIpc) is 2.80. The lowest BCUT2D eigenvalue weighted by Gasteiger charge is -2.26. The van der Waals surface area contributed by atoms with Crippen LogP contribution in [0.4, 0.5) is 0 Å². The van der Waals surface area contributed by atoms with Crippen molar-refractivity contribution in [2.24, 2.45) is 0 Å². The number of hydrogen-bond donors (Lipinski definition) is 1. The zero-order valence-corrected chi connectivity index (χ0v) is 19.3. The van der Waals surface area contributed by atoms with Gasteiger partial charge in [-0.05, 0) is 63.0 Å². The van der Waals surface area contributed by atoms with Crippen molar-refractivity contribution in [1.29, 1.82) is 0 Å². The average molecular weight is 438 g/mol. The summed E-state index contributed by atoms with van der Waals surface area (Å²) in [4.78, 5) is 22.9. The molecule has 1 saturated heterocycles. The van der Waals surface area contributed by atoms with Gasteiger partial charge in [-0.2, -0.15) is 0 Å². The van der Waals surface area contributed by atoms with Crippen molar-refractivity contribution in [3.63, 3.8) is 0 Å². The Morgan fingerprint density at radius 3 is 2.38 bits per heavy atom. The van der Waals surface area contributed by atoms with Crippen molar-refractivity contribution in [3.8, 4) is 28.6 Å². The topological polar surface area (TPSA) is 76.7 Å². The van der Waals surface area contributed by atoms with Gasteiger partial charge in [-0.1, -0.05) is 6.42 Å². The number of likely N-dealkylation sites (tertiary alicyclic amines) is 1. The first kappa shape index (κ1) is 22.1. The number of piperidine rings is 1. The number of benzene rings is 2. The van der Waals surface area contributed by atoms with Gasteiger partial charge in [0.25, 0.3) is 5.56 Å². The lowest BCUT2D eigenvalue weighted by atomic mass is 10.0. The van der Waals surface area contributed by atoms with Crippen LogP contribution in [0.3, 0.4) is 0 Å². The molecule has 2 aromatic carbocycles. The number of aromatic nitrogens is 2. The largest absolute Gasteiger partial charge is 0.497 e. The molecule has 170 valence electrons. The zero-order valence-electron chi connectivity index (χ0n) is 19.3. The van der Waals surface area contributed by atoms with Crippen molar-refractivity contribution in [3.05, 3.63) is 45.7 Å². The molecule has 1 fully saturated rings. The number of aryl methyl sites for hydroxylation is 2. The molecule has 1 aliphatic heterocycles. The fourth-order valence-corrected chi connectivity index (χ4v) is 4.40. The lowest BCUT2D eigenvalue weighted by molar-refractivity contribution is 0.182. The lowest BCUT2D eigenvalue weighted by Crippen LogP contribution is -2.33. The number of aromatic amines is 1. The maximum absolute atomic E-state index is 12.8. The van der Waals surface area contributed by atoms with Crippen molar-refractivity contribution >= 4 is 10.9 Å². The highest BCUT2D eigenvalue weighted by atomic mass is 16.5. The van der Waals surface area contributed by atoms with Gasteiger partial charge in [0, 0.05) is 24.2 Å². The summed E-state index contributed by atoms with van der Waals surface area (Å²) in [5.74, 6) is 2.42. The van der Waals surface area contributed by atoms with E-state index in [1.807, 2.05) is 26.0 Å². The van der Waals surface area contributed by atoms with E-state index in [2.05, 4.69) is 9.88 Å². The Balaban J connectivity index is 1.61. The first-order valence-corrected chi connectivity index (χ1v) is 11.1. The molecule has 1 aromatic heterocycles. The third-order valence-corrected chi connectivity index (χ3v) is 6.04. The molecular formula is C25H31N3O4. The maximum atomic E-state index is 12.8. The molecule has 1 N–H and O–H groups in total. The van der Waals surface area contributed by atoms with Crippen LogP contribution in [0.2, 0.25) is 0 Å². The minimum atomic E-state index is -0.248. The van der Waals surface area contributed by atoms with Gasteiger partial charge in [-0.15, -0.1) is 0 Å². The van der Waals surface area contributed by atoms with E-state index in [1.54, 1.807) is 19.2 Å². The highest BCUT2D eigenvalue weighted by Gasteiger charge is 2.15. The first-order chi connectivity index (χ1) is 15.5. The molecule has 0 spiro atoms. The summed E-state index contributed by atoms with van der Waals surface area (Å²) in [6.07, 6.45) is 3.89. The molecular weight excluding hydrogens is 406 g/mol. The second-order valence-electron chi connectivity index (χ2n) is 8.33. The van der Waals surface area contributed by atoms with Crippen molar-refractivity contribution in [1.82, 2.24) is 14.9 Å². The summed E-state index contributed by atoms with van der Waals surface area (Å²) in [6, 6.07) is 7.44. The van der Waals surface area contributed by atoms with E-state index in [1.165, 1.54) is 26.4 Å². The quantitative estimate of drug-likeness (QED) is 0.600. The molecule has 0 saturated carbocycles. The van der Waals surface area contributed by atoms with E-state index in [9.17, 15) is 4.79 Å². The van der Waals surface area contributed by atoms with Crippen molar-refractivity contribution < 1.29 is 14.2 Å². The molecule has 2 heterocycles. The van der Waals surface area contributed by atoms with E-state index in [0.717, 1.165) is 42.1 Å². The van der Waals surface area contributed by atoms with Crippen molar-refractivity contribution in [2.75, 3.05) is 40.5 Å². The van der Waals surface area contributed by atoms with Crippen molar-refractivity contribution in [2.45, 2.75) is 33.1 Å². The maximum Gasteiger partial charge on any atom is 0.262 e. The molecule has 0 radical (unpaired) electrons. The smallest absolute Gasteiger partial charge is 0.262 e. The standard InChI is InChI=1S/C25H31N3O4/c1-16-12-18(13-17(2)23(16)32-11-10-28-8-6-5-7-9-28)24-26-20-14-19(30-3)15-21(31-4)22(20)25(29)27-24/h12-15H,5-11H2,1-4H3,(H,26,27,29). The molecule has 7 nitrogen and oxygen atoms in total. The number of hydrogen-bond acceptors (Lipinski definition) is 6. The van der Waals surface area contributed by atoms with Crippen LogP contribution in [0.15, 0.2) is 29.1 Å². The van der Waals surface area contributed by atoms with E-state index < -0.39 is 0 Å². The van der Waals surface area contributed by atoms with Gasteiger partial charge in [-0.25, -0.2) is 4.98 Å². The fourth-order valence-electron chi connectivity index (χ4n) is 4.40. The van der Waals surface area contributed by atoms with Crippen LogP contribution < -0.4 is 19.8 Å². The number of ether oxygens (including phenoxy) is 3. The zero-order chi connectivity index (χ0) is 22.7. The van der Waals surface area contributed by atoms with E-state index in [0.29, 0.717) is 34.8 Å². The monoisotopic (exact) mass is 437 g/mol. The van der Waals surface area contributed by atoms with Crippen LogP contribution >= 0.6 is 0 Å². The molecule has 32 heavy (non-hydrogen) atoms. The van der Waals surface area contributed by atoms with Crippen LogP contribution in [-0.2, 0) is 0 Å². The Kier molecular flexibility index (Phi) is 6.65. The predicted octanol–water partition coefficient (Wildman–Crippen LogP) is 4.09. The summed E-state index contributed by atoms with van der Waals surface area (Å²) in [7, 11) is 3.10. The second-order valence-corrected chi connectivity index (χ2v) is 8.33. The summed E-state index contributed by atoms with van der Waals surface area (Å²) in [6.45, 7) is 8.00. The van der Waals surface area contributed by atoms with Gasteiger partial charge in [0.05, 0.1) is 19.7 Å². The third kappa shape index (κ3) is 4.58. The van der Waals surface area contributed by atoms with Gasteiger partial charge in [0.15, 0.2) is 0 Å². The molecule has 0 amide bonds. The van der Waals surface area contributed by atoms with Crippen LogP contribution in [0.5, 0.6) is 17.2 Å². The number of H-pyrrole nitrogens is 1. The summed E-state index contributed by atoms with van der Waals surface area (Å²) in [5, 5.41) is 0.406. The van der Waals surface area contributed by atoms with E-state index in [-0.39, 0.29) is 5.56 Å². The number of methoxy groups -OCH3 is 2. The molecule has 0 aliphatic carbocycles. The number of nitrogens with zero attached hydrogens (tertiary/aromatic N) is 2. The van der Waals surface area contributed by atoms with E-state index in [4.69, 9.17) is 19.2 Å². The van der Waals surface area contributed by atoms with Crippen LogP contribution in [0.25, 0.3) is 22.3 Å². The summed E-state index contributed by atoms with van der Waals surface area (Å²) in [5.41, 5.74) is 3.15. The SMILES string of the molecule is COc1cc(OC)c2c(=O)[nH]c(-c3cc(C)c(OCCN4CCCCC4)c(C)c3)nc2c1.